The molecule has 0 aliphatic heterocycles. The van der Waals surface area contributed by atoms with Gasteiger partial charge in [-0.1, -0.05) is 81.9 Å². The highest BCUT2D eigenvalue weighted by molar-refractivity contribution is 7.63. The highest BCUT2D eigenvalue weighted by Crippen LogP contribution is 2.29. The standard InChI is InChI=1S/C27H19NO2P2/c29-31(22-12-6-2-7-13-22)24-18-21-16-17-25(20-10-4-1-5-11-20)28-27(21)26(19-24)32(30)23-14-8-3-9-15-23/h1-19H/q+2. The molecule has 0 saturated heterocycles. The summed E-state index contributed by atoms with van der Waals surface area (Å²) in [5.74, 6) is 0. The summed E-state index contributed by atoms with van der Waals surface area (Å²) in [5, 5.41) is 3.56. The van der Waals surface area contributed by atoms with Gasteiger partial charge in [-0.2, -0.15) is 0 Å². The van der Waals surface area contributed by atoms with Crippen molar-refractivity contribution in [3.05, 3.63) is 115 Å². The monoisotopic (exact) mass is 451 g/mol. The first-order valence-corrected chi connectivity index (χ1v) is 12.8. The molecule has 0 amide bonds. The summed E-state index contributed by atoms with van der Waals surface area (Å²) in [6.07, 6.45) is 0. The van der Waals surface area contributed by atoms with Crippen LogP contribution in [0.5, 0.6) is 0 Å². The minimum atomic E-state index is -1.90. The molecule has 0 radical (unpaired) electrons. The van der Waals surface area contributed by atoms with Gasteiger partial charge in [-0.25, -0.2) is 4.98 Å². The molecule has 5 heteroatoms. The Morgan fingerprint density at radius 1 is 0.531 bits per heavy atom. The van der Waals surface area contributed by atoms with Crippen molar-refractivity contribution in [1.82, 2.24) is 4.98 Å². The van der Waals surface area contributed by atoms with Crippen molar-refractivity contribution < 1.29 is 9.13 Å². The van der Waals surface area contributed by atoms with E-state index in [9.17, 15) is 9.13 Å². The van der Waals surface area contributed by atoms with E-state index in [0.29, 0.717) is 16.1 Å². The molecule has 152 valence electrons. The summed E-state index contributed by atoms with van der Waals surface area (Å²) >= 11 is 0. The Labute approximate surface area is 188 Å². The number of benzene rings is 4. The second-order valence-corrected chi connectivity index (χ2v) is 10.6. The first-order chi connectivity index (χ1) is 15.7. The van der Waals surface area contributed by atoms with E-state index in [1.165, 1.54) is 0 Å². The van der Waals surface area contributed by atoms with Crippen LogP contribution in [-0.4, -0.2) is 4.98 Å². The molecule has 32 heavy (non-hydrogen) atoms. The second kappa shape index (κ2) is 8.93. The number of pyridine rings is 1. The van der Waals surface area contributed by atoms with Gasteiger partial charge in [0.1, 0.15) is 5.52 Å². The van der Waals surface area contributed by atoms with Crippen LogP contribution in [0.3, 0.4) is 0 Å². The molecule has 0 saturated carbocycles. The lowest BCUT2D eigenvalue weighted by Crippen LogP contribution is -2.16. The summed E-state index contributed by atoms with van der Waals surface area (Å²) in [6, 6.07) is 36.3. The molecule has 0 aliphatic carbocycles. The molecule has 0 spiro atoms. The van der Waals surface area contributed by atoms with Gasteiger partial charge in [0.05, 0.1) is 5.69 Å². The van der Waals surface area contributed by atoms with Gasteiger partial charge in [0.2, 0.25) is 10.6 Å². The molecule has 4 aromatic carbocycles. The number of nitrogens with zero attached hydrogens (tertiary/aromatic N) is 1. The quantitative estimate of drug-likeness (QED) is 0.334. The van der Waals surface area contributed by atoms with E-state index >= 15 is 0 Å². The Bertz CT molecular complexity index is 1440. The molecule has 1 heterocycles. The fourth-order valence-corrected chi connectivity index (χ4v) is 6.35. The van der Waals surface area contributed by atoms with Gasteiger partial charge in [0, 0.05) is 23.1 Å². The van der Waals surface area contributed by atoms with Gasteiger partial charge in [-0.15, -0.1) is 0 Å². The van der Waals surface area contributed by atoms with E-state index in [1.54, 1.807) is 0 Å². The summed E-state index contributed by atoms with van der Waals surface area (Å²) in [5.41, 5.74) is 2.49. The normalized spacial score (nSPS) is 11.9. The number of hydrogen-bond donors (Lipinski definition) is 0. The number of rotatable bonds is 5. The van der Waals surface area contributed by atoms with Crippen molar-refractivity contribution in [3.8, 4) is 11.3 Å². The summed E-state index contributed by atoms with van der Waals surface area (Å²) in [7, 11) is -3.71. The molecule has 1 aromatic heterocycles. The predicted octanol–water partition coefficient (Wildman–Crippen LogP) is 5.46. The Balaban J connectivity index is 1.71. The van der Waals surface area contributed by atoms with Crippen molar-refractivity contribution in [2.75, 3.05) is 0 Å². The van der Waals surface area contributed by atoms with Gasteiger partial charge in [-0.3, -0.25) is 0 Å². The van der Waals surface area contributed by atoms with Crippen LogP contribution in [0.1, 0.15) is 0 Å². The Hall–Kier alpha value is -3.51. The van der Waals surface area contributed by atoms with Gasteiger partial charge in [-0.05, 0) is 30.3 Å². The third kappa shape index (κ3) is 4.01. The van der Waals surface area contributed by atoms with Crippen LogP contribution in [0.2, 0.25) is 0 Å². The van der Waals surface area contributed by atoms with Crippen molar-refractivity contribution in [3.63, 3.8) is 0 Å². The average Bonchev–Trinajstić information content (AvgIpc) is 2.88. The average molecular weight is 451 g/mol. The first kappa shape index (κ1) is 20.4. The number of aromatic nitrogens is 1. The van der Waals surface area contributed by atoms with Crippen LogP contribution in [0.25, 0.3) is 22.2 Å². The van der Waals surface area contributed by atoms with Crippen molar-refractivity contribution in [1.29, 1.82) is 0 Å². The van der Waals surface area contributed by atoms with E-state index in [4.69, 9.17) is 4.98 Å². The zero-order valence-corrected chi connectivity index (χ0v) is 18.9. The number of hydrogen-bond acceptors (Lipinski definition) is 3. The third-order valence-corrected chi connectivity index (χ3v) is 8.30. The van der Waals surface area contributed by atoms with Gasteiger partial charge < -0.3 is 0 Å². The van der Waals surface area contributed by atoms with Crippen molar-refractivity contribution >= 4 is 47.7 Å². The maximum Gasteiger partial charge on any atom is 0.417 e. The van der Waals surface area contributed by atoms with Gasteiger partial charge in [0.25, 0.3) is 0 Å². The SMILES string of the molecule is O=[P+](c1ccccc1)c1cc([P+](=O)c2ccccc2)c2nc(-c3ccccc3)ccc2c1. The van der Waals surface area contributed by atoms with E-state index in [-0.39, 0.29) is 0 Å². The smallest absolute Gasteiger partial charge is 0.243 e. The summed E-state index contributed by atoms with van der Waals surface area (Å²) in [4.78, 5) is 4.89. The maximum absolute atomic E-state index is 13.6. The largest absolute Gasteiger partial charge is 0.417 e. The minimum Gasteiger partial charge on any atom is -0.243 e. The highest BCUT2D eigenvalue weighted by Gasteiger charge is 2.33. The zero-order chi connectivity index (χ0) is 21.9. The van der Waals surface area contributed by atoms with E-state index in [1.807, 2.05) is 115 Å². The summed E-state index contributed by atoms with van der Waals surface area (Å²) in [6.45, 7) is 0. The first-order valence-electron chi connectivity index (χ1n) is 10.3. The molecule has 3 nitrogen and oxygen atoms in total. The highest BCUT2D eigenvalue weighted by atomic mass is 31.1. The number of fused-ring (bicyclic) bond motifs is 1. The molecule has 0 bridgehead atoms. The van der Waals surface area contributed by atoms with E-state index in [2.05, 4.69) is 0 Å². The van der Waals surface area contributed by atoms with Crippen LogP contribution in [0.4, 0.5) is 0 Å². The Morgan fingerprint density at radius 2 is 1.09 bits per heavy atom. The molecule has 0 N–H and O–H groups in total. The maximum atomic E-state index is 13.6. The summed E-state index contributed by atoms with van der Waals surface area (Å²) < 4.78 is 27.0. The second-order valence-electron chi connectivity index (χ2n) is 7.36. The van der Waals surface area contributed by atoms with E-state index < -0.39 is 15.6 Å². The minimum absolute atomic E-state index is 0.607. The molecule has 0 aliphatic rings. The lowest BCUT2D eigenvalue weighted by molar-refractivity contribution is 0.598. The molecule has 5 aromatic rings. The van der Waals surface area contributed by atoms with Crippen molar-refractivity contribution in [2.45, 2.75) is 0 Å². The molecule has 2 unspecified atom stereocenters. The Morgan fingerprint density at radius 3 is 1.72 bits per heavy atom. The van der Waals surface area contributed by atoms with Crippen LogP contribution in [0.15, 0.2) is 115 Å². The molecular weight excluding hydrogens is 432 g/mol. The predicted molar refractivity (Wildman–Crippen MR) is 134 cm³/mol. The van der Waals surface area contributed by atoms with Crippen LogP contribution in [-0.2, 0) is 9.13 Å². The van der Waals surface area contributed by atoms with E-state index in [0.717, 1.165) is 27.3 Å². The van der Waals surface area contributed by atoms with Crippen molar-refractivity contribution in [2.24, 2.45) is 0 Å². The molecule has 5 rings (SSSR count). The fraction of sp³-hybridized carbons (Fsp3) is 0. The third-order valence-electron chi connectivity index (χ3n) is 5.26. The van der Waals surface area contributed by atoms with Gasteiger partial charge in [0.15, 0.2) is 10.6 Å². The van der Waals surface area contributed by atoms with Crippen LogP contribution >= 0.6 is 15.6 Å². The van der Waals surface area contributed by atoms with Crippen LogP contribution < -0.4 is 21.2 Å². The zero-order valence-electron chi connectivity index (χ0n) is 17.1. The lowest BCUT2D eigenvalue weighted by atomic mass is 10.1. The molecule has 2 atom stereocenters. The fourth-order valence-electron chi connectivity index (χ4n) is 3.66. The molecule has 0 fully saturated rings. The van der Waals surface area contributed by atoms with Gasteiger partial charge >= 0.3 is 15.6 Å². The topological polar surface area (TPSA) is 47.0 Å². The lowest BCUT2D eigenvalue weighted by Gasteiger charge is -2.04. The van der Waals surface area contributed by atoms with Crippen LogP contribution in [0, 0.1) is 0 Å². The Kier molecular flexibility index (Phi) is 5.69. The molecular formula is C27H19NO2P2+2.